The zero-order chi connectivity index (χ0) is 13.4. The molecule has 0 aliphatic carbocycles. The molecule has 0 unspecified atom stereocenters. The van der Waals surface area contributed by atoms with Crippen LogP contribution >= 0.6 is 0 Å². The molecule has 98 valence electrons. The fourth-order valence-electron chi connectivity index (χ4n) is 1.39. The van der Waals surface area contributed by atoms with Crippen LogP contribution in [0.15, 0.2) is 30.3 Å². The van der Waals surface area contributed by atoms with Crippen molar-refractivity contribution in [2.75, 3.05) is 13.2 Å². The molecule has 18 heavy (non-hydrogen) atoms. The van der Waals surface area contributed by atoms with Crippen LogP contribution in [0, 0.1) is 5.92 Å². The highest BCUT2D eigenvalue weighted by molar-refractivity contribution is 5.85. The van der Waals surface area contributed by atoms with Crippen molar-refractivity contribution in [2.45, 2.75) is 20.5 Å². The molecule has 1 rings (SSSR count). The molecule has 1 atom stereocenters. The zero-order valence-corrected chi connectivity index (χ0v) is 10.8. The molecule has 1 amide bonds. The monoisotopic (exact) mass is 249 g/mol. The van der Waals surface area contributed by atoms with Crippen LogP contribution in [0.2, 0.25) is 0 Å². The Hall–Kier alpha value is -1.68. The number of ether oxygens (including phenoxy) is 1. The van der Waals surface area contributed by atoms with Gasteiger partial charge in [0.1, 0.15) is 5.78 Å². The first-order valence-electron chi connectivity index (χ1n) is 5.98. The Kier molecular flexibility index (Phi) is 6.08. The van der Waals surface area contributed by atoms with Gasteiger partial charge in [0.15, 0.2) is 0 Å². The lowest BCUT2D eigenvalue weighted by molar-refractivity contribution is -0.128. The summed E-state index contributed by atoms with van der Waals surface area (Å²) < 4.78 is 5.46. The molecule has 0 aromatic heterocycles. The molecule has 4 heteroatoms. The quantitative estimate of drug-likeness (QED) is 0.797. The minimum atomic E-state index is -0.256. The number of carbonyl (C=O) groups is 2. The number of Topliss-reactive ketones (excluding diaryl/α,β-unsaturated/α-hetero) is 1. The van der Waals surface area contributed by atoms with Gasteiger partial charge in [-0.25, -0.2) is 0 Å². The van der Waals surface area contributed by atoms with Gasteiger partial charge >= 0.3 is 0 Å². The molecule has 0 spiro atoms. The topological polar surface area (TPSA) is 55.4 Å². The summed E-state index contributed by atoms with van der Waals surface area (Å²) in [4.78, 5) is 22.3. The van der Waals surface area contributed by atoms with Crippen molar-refractivity contribution in [2.24, 2.45) is 5.92 Å². The molecule has 1 aromatic carbocycles. The van der Waals surface area contributed by atoms with E-state index >= 15 is 0 Å². The lowest BCUT2D eigenvalue weighted by Gasteiger charge is -2.11. The Labute approximate surface area is 107 Å². The number of carbonyl (C=O) groups excluding carboxylic acids is 2. The Morgan fingerprint density at radius 3 is 2.56 bits per heavy atom. The highest BCUT2D eigenvalue weighted by Gasteiger charge is 2.12. The third kappa shape index (κ3) is 5.59. The molecule has 4 nitrogen and oxygen atoms in total. The van der Waals surface area contributed by atoms with Crippen molar-refractivity contribution in [3.05, 3.63) is 35.9 Å². The van der Waals surface area contributed by atoms with E-state index in [4.69, 9.17) is 4.74 Å². The smallest absolute Gasteiger partial charge is 0.225 e. The summed E-state index contributed by atoms with van der Waals surface area (Å²) in [5.74, 6) is -0.466. The van der Waals surface area contributed by atoms with Crippen molar-refractivity contribution >= 4 is 11.7 Å². The molecule has 0 fully saturated rings. The highest BCUT2D eigenvalue weighted by atomic mass is 16.5. The van der Waals surface area contributed by atoms with Crippen LogP contribution in [-0.4, -0.2) is 24.8 Å². The minimum absolute atomic E-state index is 0.0549. The lowest BCUT2D eigenvalue weighted by Crippen LogP contribution is -2.34. The van der Waals surface area contributed by atoms with Crippen molar-refractivity contribution in [1.82, 2.24) is 5.32 Å². The van der Waals surface area contributed by atoms with E-state index in [9.17, 15) is 9.59 Å². The van der Waals surface area contributed by atoms with Gasteiger partial charge in [0, 0.05) is 0 Å². The van der Waals surface area contributed by atoms with Crippen LogP contribution in [0.1, 0.15) is 19.4 Å². The zero-order valence-electron chi connectivity index (χ0n) is 10.8. The van der Waals surface area contributed by atoms with Gasteiger partial charge in [0.25, 0.3) is 0 Å². The second-order valence-corrected chi connectivity index (χ2v) is 4.32. The fourth-order valence-corrected chi connectivity index (χ4v) is 1.39. The van der Waals surface area contributed by atoms with Crippen molar-refractivity contribution in [3.8, 4) is 0 Å². The average Bonchev–Trinajstić information content (AvgIpc) is 2.37. The number of hydrogen-bond donors (Lipinski definition) is 1. The summed E-state index contributed by atoms with van der Waals surface area (Å²) >= 11 is 0. The van der Waals surface area contributed by atoms with E-state index in [1.165, 1.54) is 6.92 Å². The highest BCUT2D eigenvalue weighted by Crippen LogP contribution is 2.03. The van der Waals surface area contributed by atoms with E-state index in [0.29, 0.717) is 13.2 Å². The third-order valence-electron chi connectivity index (χ3n) is 2.44. The van der Waals surface area contributed by atoms with E-state index in [1.807, 2.05) is 30.3 Å². The maximum Gasteiger partial charge on any atom is 0.225 e. The van der Waals surface area contributed by atoms with E-state index < -0.39 is 0 Å². The summed E-state index contributed by atoms with van der Waals surface area (Å²) in [5, 5.41) is 2.56. The van der Waals surface area contributed by atoms with Crippen LogP contribution in [0.4, 0.5) is 0 Å². The number of nitrogens with one attached hydrogen (secondary N) is 1. The molecule has 1 aromatic rings. The van der Waals surface area contributed by atoms with Gasteiger partial charge in [0.2, 0.25) is 5.91 Å². The van der Waals surface area contributed by atoms with Gasteiger partial charge in [-0.1, -0.05) is 37.3 Å². The Morgan fingerprint density at radius 2 is 1.94 bits per heavy atom. The standard InChI is InChI=1S/C14H19NO3/c1-11(14(17)15-8-12(2)16)9-18-10-13-6-4-3-5-7-13/h3-7,11H,8-10H2,1-2H3,(H,15,17)/t11-/m1/s1. The second-order valence-electron chi connectivity index (χ2n) is 4.32. The van der Waals surface area contributed by atoms with E-state index in [-0.39, 0.29) is 24.2 Å². The number of benzene rings is 1. The number of amides is 1. The van der Waals surface area contributed by atoms with Gasteiger partial charge in [-0.3, -0.25) is 9.59 Å². The Morgan fingerprint density at radius 1 is 1.28 bits per heavy atom. The predicted molar refractivity (Wildman–Crippen MR) is 69.0 cm³/mol. The van der Waals surface area contributed by atoms with E-state index in [1.54, 1.807) is 6.92 Å². The molecule has 0 bridgehead atoms. The molecule has 0 aliphatic heterocycles. The van der Waals surface area contributed by atoms with Crippen LogP contribution in [0.3, 0.4) is 0 Å². The molecule has 0 saturated carbocycles. The molecule has 0 heterocycles. The summed E-state index contributed by atoms with van der Waals surface area (Å²) in [5.41, 5.74) is 1.08. The van der Waals surface area contributed by atoms with Gasteiger partial charge in [0.05, 0.1) is 25.7 Å². The Balaban J connectivity index is 2.22. The molecular formula is C14H19NO3. The van der Waals surface area contributed by atoms with Gasteiger partial charge < -0.3 is 10.1 Å². The first-order chi connectivity index (χ1) is 8.59. The maximum atomic E-state index is 11.5. The van der Waals surface area contributed by atoms with Crippen molar-refractivity contribution < 1.29 is 14.3 Å². The molecule has 0 radical (unpaired) electrons. The van der Waals surface area contributed by atoms with Crippen LogP contribution in [-0.2, 0) is 20.9 Å². The van der Waals surface area contributed by atoms with Crippen LogP contribution in [0.25, 0.3) is 0 Å². The van der Waals surface area contributed by atoms with E-state index in [2.05, 4.69) is 5.32 Å². The number of ketones is 1. The predicted octanol–water partition coefficient (Wildman–Crippen LogP) is 1.54. The third-order valence-corrected chi connectivity index (χ3v) is 2.44. The first kappa shape index (κ1) is 14.4. The minimum Gasteiger partial charge on any atom is -0.376 e. The maximum absolute atomic E-state index is 11.5. The number of hydrogen-bond acceptors (Lipinski definition) is 3. The summed E-state index contributed by atoms with van der Waals surface area (Å²) in [6, 6.07) is 9.78. The second kappa shape index (κ2) is 7.61. The SMILES string of the molecule is CC(=O)CNC(=O)[C@H](C)COCc1ccccc1. The van der Waals surface area contributed by atoms with Gasteiger partial charge in [-0.05, 0) is 12.5 Å². The molecule has 1 N–H and O–H groups in total. The summed E-state index contributed by atoms with van der Waals surface area (Å²) in [6.45, 7) is 4.14. The summed E-state index contributed by atoms with van der Waals surface area (Å²) in [6.07, 6.45) is 0. The van der Waals surface area contributed by atoms with Crippen LogP contribution < -0.4 is 5.32 Å². The molecule has 0 aliphatic rings. The van der Waals surface area contributed by atoms with Crippen molar-refractivity contribution in [3.63, 3.8) is 0 Å². The van der Waals surface area contributed by atoms with Crippen LogP contribution in [0.5, 0.6) is 0 Å². The first-order valence-corrected chi connectivity index (χ1v) is 5.98. The molecular weight excluding hydrogens is 230 g/mol. The summed E-state index contributed by atoms with van der Waals surface area (Å²) in [7, 11) is 0. The average molecular weight is 249 g/mol. The van der Waals surface area contributed by atoms with Crippen molar-refractivity contribution in [1.29, 1.82) is 0 Å². The Bertz CT molecular complexity index is 389. The van der Waals surface area contributed by atoms with Gasteiger partial charge in [-0.2, -0.15) is 0 Å². The van der Waals surface area contributed by atoms with E-state index in [0.717, 1.165) is 5.56 Å². The normalized spacial score (nSPS) is 11.9. The lowest BCUT2D eigenvalue weighted by atomic mass is 10.2. The number of rotatable bonds is 7. The largest absolute Gasteiger partial charge is 0.376 e. The van der Waals surface area contributed by atoms with Gasteiger partial charge in [-0.15, -0.1) is 0 Å². The fraction of sp³-hybridized carbons (Fsp3) is 0.429. The molecule has 0 saturated heterocycles.